The Bertz CT molecular complexity index is 1620. The van der Waals surface area contributed by atoms with Crippen molar-refractivity contribution in [2.75, 3.05) is 30.3 Å². The highest BCUT2D eigenvalue weighted by Gasteiger charge is 2.45. The van der Waals surface area contributed by atoms with E-state index < -0.39 is 24.3 Å². The Balaban J connectivity index is 1.19. The minimum Gasteiger partial charge on any atom is -0.480 e. The van der Waals surface area contributed by atoms with Crippen molar-refractivity contribution in [3.8, 4) is 17.0 Å². The Labute approximate surface area is 239 Å². The predicted molar refractivity (Wildman–Crippen MR) is 150 cm³/mol. The molecule has 1 unspecified atom stereocenters. The molecule has 2 aliphatic heterocycles. The molecule has 2 aliphatic rings. The lowest BCUT2D eigenvalue weighted by molar-refractivity contribution is -0.198. The van der Waals surface area contributed by atoms with Crippen molar-refractivity contribution in [3.05, 3.63) is 60.3 Å². The van der Waals surface area contributed by atoms with Gasteiger partial charge in [-0.05, 0) is 47.9 Å². The number of carboxylic acids is 1. The molecule has 0 aliphatic carbocycles. The molecule has 2 aromatic carbocycles. The Kier molecular flexibility index (Phi) is 6.92. The number of hydrogen-bond acceptors (Lipinski definition) is 8. The number of carbonyl (C=O) groups is 1. The number of aryl methyl sites for hydroxylation is 1. The zero-order valence-electron chi connectivity index (χ0n) is 22.8. The number of halogens is 3. The summed E-state index contributed by atoms with van der Waals surface area (Å²) in [6.45, 7) is 1.72. The zero-order valence-corrected chi connectivity index (χ0v) is 22.8. The van der Waals surface area contributed by atoms with Gasteiger partial charge in [0.1, 0.15) is 11.9 Å². The maximum Gasteiger partial charge on any atom is 0.429 e. The molecule has 0 saturated carbocycles. The summed E-state index contributed by atoms with van der Waals surface area (Å²) in [7, 11) is 1.84. The SMILES string of the molecule is Cn1ncc2cc(-c3ccc([C@@H](Oc4cc(N5CCC6(CC5)CNC(C(=O)O)C6)nc(N)n4)C(F)(F)F)cc3)ccc21. The van der Waals surface area contributed by atoms with Crippen LogP contribution in [0.3, 0.4) is 0 Å². The number of anilines is 2. The number of aliphatic carboxylic acids is 1. The number of nitrogen functional groups attached to an aromatic ring is 1. The second-order valence-corrected chi connectivity index (χ2v) is 11.1. The number of nitrogens with two attached hydrogens (primary N) is 1. The maximum absolute atomic E-state index is 14.2. The Morgan fingerprint density at radius 2 is 1.83 bits per heavy atom. The zero-order chi connectivity index (χ0) is 29.6. The van der Waals surface area contributed by atoms with Crippen molar-refractivity contribution < 1.29 is 27.8 Å². The number of alkyl halides is 3. The highest BCUT2D eigenvalue weighted by atomic mass is 19.4. The van der Waals surface area contributed by atoms with E-state index in [0.29, 0.717) is 31.9 Å². The van der Waals surface area contributed by atoms with Crippen LogP contribution in [0.5, 0.6) is 5.88 Å². The number of fused-ring (bicyclic) bond motifs is 1. The number of rotatable bonds is 6. The fourth-order valence-electron chi connectivity index (χ4n) is 5.97. The molecule has 1 spiro atoms. The van der Waals surface area contributed by atoms with E-state index in [1.54, 1.807) is 23.0 Å². The summed E-state index contributed by atoms with van der Waals surface area (Å²) in [5.74, 6) is -0.965. The summed E-state index contributed by atoms with van der Waals surface area (Å²) < 4.78 is 49.9. The van der Waals surface area contributed by atoms with Gasteiger partial charge in [-0.3, -0.25) is 9.48 Å². The number of aromatic nitrogens is 4. The summed E-state index contributed by atoms with van der Waals surface area (Å²) in [5.41, 5.74) is 8.25. The lowest BCUT2D eigenvalue weighted by Crippen LogP contribution is -2.41. The van der Waals surface area contributed by atoms with Crippen molar-refractivity contribution in [1.29, 1.82) is 0 Å². The van der Waals surface area contributed by atoms with Crippen LogP contribution >= 0.6 is 0 Å². The lowest BCUT2D eigenvalue weighted by atomic mass is 9.76. The highest BCUT2D eigenvalue weighted by molar-refractivity contribution is 5.84. The van der Waals surface area contributed by atoms with E-state index in [9.17, 15) is 23.1 Å². The number of nitrogens with one attached hydrogen (secondary N) is 1. The molecule has 2 aromatic heterocycles. The van der Waals surface area contributed by atoms with Crippen LogP contribution < -0.4 is 20.7 Å². The molecule has 2 atom stereocenters. The summed E-state index contributed by atoms with van der Waals surface area (Å²) in [4.78, 5) is 21.5. The second-order valence-electron chi connectivity index (χ2n) is 11.1. The van der Waals surface area contributed by atoms with Crippen LogP contribution in [0.25, 0.3) is 22.0 Å². The summed E-state index contributed by atoms with van der Waals surface area (Å²) in [6, 6.07) is 12.6. The van der Waals surface area contributed by atoms with E-state index in [0.717, 1.165) is 34.9 Å². The number of benzene rings is 2. The number of carboxylic acid groups (broad SMARTS) is 1. The van der Waals surface area contributed by atoms with Crippen LogP contribution in [0.4, 0.5) is 24.9 Å². The number of ether oxygens (including phenoxy) is 1. The third-order valence-corrected chi connectivity index (χ3v) is 8.34. The molecular formula is C29H30F3N7O3. The largest absolute Gasteiger partial charge is 0.480 e. The van der Waals surface area contributed by atoms with E-state index in [4.69, 9.17) is 10.5 Å². The standard InChI is InChI=1S/C29H30F3N7O3/c1-38-22-7-6-19(12-20(22)15-35-38)17-2-4-18(5-3-17)25(29(30,31)32)42-24-13-23(36-27(33)37-24)39-10-8-28(9-11-39)14-21(26(40)41)34-16-28/h2-7,12-13,15,21,25,34H,8-11,14,16H2,1H3,(H,40,41)(H2,33,36,37)/t21?,25-/m1/s1. The normalized spacial score (nSPS) is 19.3. The monoisotopic (exact) mass is 581 g/mol. The molecule has 0 radical (unpaired) electrons. The van der Waals surface area contributed by atoms with Crippen LogP contribution in [0, 0.1) is 5.41 Å². The first-order chi connectivity index (χ1) is 20.0. The minimum absolute atomic E-state index is 0.0749. The van der Waals surface area contributed by atoms with Crippen LogP contribution in [0.15, 0.2) is 54.7 Å². The van der Waals surface area contributed by atoms with Crippen LogP contribution in [-0.2, 0) is 11.8 Å². The van der Waals surface area contributed by atoms with Gasteiger partial charge in [0.2, 0.25) is 17.9 Å². The Morgan fingerprint density at radius 1 is 1.12 bits per heavy atom. The molecule has 0 amide bonds. The molecule has 4 aromatic rings. The van der Waals surface area contributed by atoms with Crippen LogP contribution in [0.1, 0.15) is 30.9 Å². The number of hydrogen-bond donors (Lipinski definition) is 3. The quantitative estimate of drug-likeness (QED) is 0.305. The van der Waals surface area contributed by atoms with Gasteiger partial charge in [-0.15, -0.1) is 0 Å². The first-order valence-corrected chi connectivity index (χ1v) is 13.6. The van der Waals surface area contributed by atoms with Gasteiger partial charge in [0.25, 0.3) is 0 Å². The van der Waals surface area contributed by atoms with Gasteiger partial charge in [0, 0.05) is 43.7 Å². The van der Waals surface area contributed by atoms with E-state index >= 15 is 0 Å². The first kappa shape index (κ1) is 27.8. The number of piperidine rings is 1. The Morgan fingerprint density at radius 3 is 2.50 bits per heavy atom. The maximum atomic E-state index is 14.2. The van der Waals surface area contributed by atoms with Crippen molar-refractivity contribution in [3.63, 3.8) is 0 Å². The lowest BCUT2D eigenvalue weighted by Gasteiger charge is -2.39. The molecule has 2 saturated heterocycles. The molecule has 0 bridgehead atoms. The van der Waals surface area contributed by atoms with E-state index in [-0.39, 0.29) is 22.8 Å². The van der Waals surface area contributed by atoms with E-state index in [1.165, 1.54) is 18.2 Å². The van der Waals surface area contributed by atoms with Crippen molar-refractivity contribution in [1.82, 2.24) is 25.1 Å². The van der Waals surface area contributed by atoms with Crippen molar-refractivity contribution in [2.24, 2.45) is 12.5 Å². The average molecular weight is 582 g/mol. The van der Waals surface area contributed by atoms with Gasteiger partial charge in [-0.25, -0.2) is 0 Å². The average Bonchev–Trinajstić information content (AvgIpc) is 3.55. The second kappa shape index (κ2) is 10.5. The van der Waals surface area contributed by atoms with Gasteiger partial charge in [-0.1, -0.05) is 30.3 Å². The summed E-state index contributed by atoms with van der Waals surface area (Å²) >= 11 is 0. The van der Waals surface area contributed by atoms with Gasteiger partial charge >= 0.3 is 12.1 Å². The number of nitrogens with zero attached hydrogens (tertiary/aromatic N) is 5. The van der Waals surface area contributed by atoms with Crippen LogP contribution in [-0.4, -0.2) is 62.7 Å². The van der Waals surface area contributed by atoms with Gasteiger partial charge < -0.3 is 25.8 Å². The van der Waals surface area contributed by atoms with E-state index in [2.05, 4.69) is 20.4 Å². The summed E-state index contributed by atoms with van der Waals surface area (Å²) in [6.07, 6.45) is -3.27. The van der Waals surface area contributed by atoms with Gasteiger partial charge in [0.05, 0.1) is 11.7 Å². The molecule has 4 N–H and O–H groups in total. The smallest absolute Gasteiger partial charge is 0.429 e. The molecule has 220 valence electrons. The van der Waals surface area contributed by atoms with E-state index in [1.807, 2.05) is 30.1 Å². The molecule has 2 fully saturated rings. The fourth-order valence-corrected chi connectivity index (χ4v) is 5.97. The summed E-state index contributed by atoms with van der Waals surface area (Å²) in [5, 5.41) is 17.6. The molecule has 42 heavy (non-hydrogen) atoms. The minimum atomic E-state index is -4.72. The van der Waals surface area contributed by atoms with Crippen LogP contribution in [0.2, 0.25) is 0 Å². The third-order valence-electron chi connectivity index (χ3n) is 8.34. The first-order valence-electron chi connectivity index (χ1n) is 13.6. The fraction of sp³-hybridized carbons (Fsp3) is 0.379. The molecule has 6 rings (SSSR count). The topological polar surface area (TPSA) is 131 Å². The highest BCUT2D eigenvalue weighted by Crippen LogP contribution is 2.41. The van der Waals surface area contributed by atoms with Crippen molar-refractivity contribution >= 4 is 28.6 Å². The molecule has 13 heteroatoms. The molecular weight excluding hydrogens is 551 g/mol. The van der Waals surface area contributed by atoms with Gasteiger partial charge in [0.15, 0.2) is 0 Å². The molecule has 10 nitrogen and oxygen atoms in total. The Hall–Kier alpha value is -4.39. The van der Waals surface area contributed by atoms with Gasteiger partial charge in [-0.2, -0.15) is 28.2 Å². The molecule has 4 heterocycles. The van der Waals surface area contributed by atoms with Crippen molar-refractivity contribution in [2.45, 2.75) is 37.6 Å². The predicted octanol–water partition coefficient (Wildman–Crippen LogP) is 4.33. The third kappa shape index (κ3) is 5.43.